The van der Waals surface area contributed by atoms with Crippen LogP contribution in [-0.2, 0) is 31.4 Å². The Hall–Kier alpha value is -3.32. The lowest BCUT2D eigenvalue weighted by Gasteiger charge is -2.07. The fourth-order valence-electron chi connectivity index (χ4n) is 2.10. The highest BCUT2D eigenvalue weighted by atomic mass is 32.2. The molecule has 156 valence electrons. The molecule has 29 heavy (non-hydrogen) atoms. The van der Waals surface area contributed by atoms with E-state index in [1.165, 1.54) is 30.5 Å². The quantitative estimate of drug-likeness (QED) is 0.333. The molecule has 0 bridgehead atoms. The van der Waals surface area contributed by atoms with E-state index < -0.39 is 33.4 Å². The van der Waals surface area contributed by atoms with E-state index in [1.807, 2.05) is 0 Å². The van der Waals surface area contributed by atoms with Crippen molar-refractivity contribution >= 4 is 33.3 Å². The maximum atomic E-state index is 12.1. The van der Waals surface area contributed by atoms with Crippen LogP contribution in [0.5, 0.6) is 0 Å². The monoisotopic (exact) mass is 425 g/mol. The number of amides is 1. The SMILES string of the molecule is Cc1nc(S(=O)(=O)NCCC(=O)OCC(=O)Nc2ccc([N+](=O)[O-])cc2)cn1C. The van der Waals surface area contributed by atoms with E-state index in [2.05, 4.69) is 15.0 Å². The molecule has 2 aromatic rings. The van der Waals surface area contributed by atoms with Gasteiger partial charge in [0.25, 0.3) is 21.6 Å². The number of rotatable bonds is 9. The van der Waals surface area contributed by atoms with Crippen LogP contribution in [-0.4, -0.2) is 47.9 Å². The number of hydrogen-bond acceptors (Lipinski definition) is 8. The summed E-state index contributed by atoms with van der Waals surface area (Å²) in [6.45, 7) is 0.848. The molecule has 0 spiro atoms. The Morgan fingerprint density at radius 3 is 2.48 bits per heavy atom. The second-order valence-corrected chi connectivity index (χ2v) is 7.61. The smallest absolute Gasteiger partial charge is 0.307 e. The Kier molecular flexibility index (Phi) is 7.01. The van der Waals surface area contributed by atoms with Crippen molar-refractivity contribution in [3.63, 3.8) is 0 Å². The number of non-ortho nitro benzene ring substituents is 1. The number of hydrogen-bond donors (Lipinski definition) is 2. The highest BCUT2D eigenvalue weighted by molar-refractivity contribution is 7.89. The predicted octanol–water partition coefficient (Wildman–Crippen LogP) is 0.487. The molecule has 0 aliphatic heterocycles. The first kappa shape index (κ1) is 22.0. The van der Waals surface area contributed by atoms with Gasteiger partial charge in [0, 0.05) is 37.6 Å². The number of esters is 1. The number of sulfonamides is 1. The highest BCUT2D eigenvalue weighted by Gasteiger charge is 2.19. The van der Waals surface area contributed by atoms with E-state index in [4.69, 9.17) is 4.74 Å². The Bertz CT molecular complexity index is 995. The number of ether oxygens (including phenoxy) is 1. The van der Waals surface area contributed by atoms with Crippen molar-refractivity contribution in [2.45, 2.75) is 18.4 Å². The number of imidazole rings is 1. The van der Waals surface area contributed by atoms with Gasteiger partial charge in [-0.25, -0.2) is 18.1 Å². The molecule has 1 amide bonds. The Labute approximate surface area is 166 Å². The van der Waals surface area contributed by atoms with Crippen molar-refractivity contribution in [3.05, 3.63) is 46.4 Å². The second kappa shape index (κ2) is 9.25. The number of nitro groups is 1. The van der Waals surface area contributed by atoms with Gasteiger partial charge in [0.15, 0.2) is 11.6 Å². The van der Waals surface area contributed by atoms with Crippen molar-refractivity contribution in [1.82, 2.24) is 14.3 Å². The number of benzene rings is 1. The topological polar surface area (TPSA) is 163 Å². The van der Waals surface area contributed by atoms with E-state index in [1.54, 1.807) is 18.5 Å². The zero-order chi connectivity index (χ0) is 21.6. The van der Waals surface area contributed by atoms with E-state index in [0.29, 0.717) is 11.5 Å². The maximum Gasteiger partial charge on any atom is 0.307 e. The van der Waals surface area contributed by atoms with Gasteiger partial charge in [-0.3, -0.25) is 19.7 Å². The van der Waals surface area contributed by atoms with Crippen molar-refractivity contribution in [1.29, 1.82) is 0 Å². The standard InChI is InChI=1S/C16H19N5O7S/c1-11-18-15(9-20(11)2)29(26,27)17-8-7-16(23)28-10-14(22)19-12-3-5-13(6-4-12)21(24)25/h3-6,9,17H,7-8,10H2,1-2H3,(H,19,22). The summed E-state index contributed by atoms with van der Waals surface area (Å²) in [6, 6.07) is 5.12. The Morgan fingerprint density at radius 2 is 1.93 bits per heavy atom. The molecule has 1 aromatic heterocycles. The summed E-state index contributed by atoms with van der Waals surface area (Å²) in [5, 5.41) is 12.8. The van der Waals surface area contributed by atoms with Crippen LogP contribution in [0.3, 0.4) is 0 Å². The van der Waals surface area contributed by atoms with Gasteiger partial charge < -0.3 is 14.6 Å². The third-order valence-electron chi connectivity index (χ3n) is 3.71. The number of nitrogens with one attached hydrogen (secondary N) is 2. The van der Waals surface area contributed by atoms with Crippen LogP contribution in [0.25, 0.3) is 0 Å². The van der Waals surface area contributed by atoms with Crippen LogP contribution in [0.15, 0.2) is 35.5 Å². The lowest BCUT2D eigenvalue weighted by atomic mass is 10.3. The average molecular weight is 425 g/mol. The van der Waals surface area contributed by atoms with Crippen LogP contribution in [0.2, 0.25) is 0 Å². The second-order valence-electron chi connectivity index (χ2n) is 5.90. The zero-order valence-corrected chi connectivity index (χ0v) is 16.4. The normalized spacial score (nSPS) is 11.1. The van der Waals surface area contributed by atoms with Crippen molar-refractivity contribution in [2.24, 2.45) is 7.05 Å². The van der Waals surface area contributed by atoms with Gasteiger partial charge in [-0.2, -0.15) is 0 Å². The minimum absolute atomic E-state index is 0.127. The van der Waals surface area contributed by atoms with Crippen LogP contribution >= 0.6 is 0 Å². The molecule has 0 atom stereocenters. The molecule has 13 heteroatoms. The van der Waals surface area contributed by atoms with E-state index in [9.17, 15) is 28.1 Å². The third kappa shape index (κ3) is 6.36. The van der Waals surface area contributed by atoms with Gasteiger partial charge in [0.05, 0.1) is 11.3 Å². The molecule has 1 heterocycles. The fourth-order valence-corrected chi connectivity index (χ4v) is 3.17. The molecule has 0 saturated carbocycles. The molecule has 2 rings (SSSR count). The van der Waals surface area contributed by atoms with Crippen molar-refractivity contribution in [3.8, 4) is 0 Å². The van der Waals surface area contributed by atoms with Gasteiger partial charge in [0.1, 0.15) is 5.82 Å². The van der Waals surface area contributed by atoms with Gasteiger partial charge in [-0.1, -0.05) is 0 Å². The maximum absolute atomic E-state index is 12.1. The minimum Gasteiger partial charge on any atom is -0.456 e. The fraction of sp³-hybridized carbons (Fsp3) is 0.312. The first-order valence-electron chi connectivity index (χ1n) is 8.28. The summed E-state index contributed by atoms with van der Waals surface area (Å²) in [7, 11) is -2.20. The van der Waals surface area contributed by atoms with E-state index >= 15 is 0 Å². The number of aryl methyl sites for hydroxylation is 2. The molecule has 0 saturated heterocycles. The number of carbonyl (C=O) groups is 2. The van der Waals surface area contributed by atoms with E-state index in [0.717, 1.165) is 0 Å². The van der Waals surface area contributed by atoms with Gasteiger partial charge in [-0.05, 0) is 19.1 Å². The van der Waals surface area contributed by atoms with Crippen molar-refractivity contribution in [2.75, 3.05) is 18.5 Å². The summed E-state index contributed by atoms with van der Waals surface area (Å²) in [5.74, 6) is -0.899. The number of nitro benzene ring substituents is 1. The highest BCUT2D eigenvalue weighted by Crippen LogP contribution is 2.15. The van der Waals surface area contributed by atoms with Crippen LogP contribution in [0.1, 0.15) is 12.2 Å². The first-order chi connectivity index (χ1) is 13.6. The summed E-state index contributed by atoms with van der Waals surface area (Å²) in [6.07, 6.45) is 1.06. The van der Waals surface area contributed by atoms with Crippen LogP contribution in [0, 0.1) is 17.0 Å². The van der Waals surface area contributed by atoms with Crippen LogP contribution < -0.4 is 10.0 Å². The van der Waals surface area contributed by atoms with Gasteiger partial charge in [0.2, 0.25) is 0 Å². The minimum atomic E-state index is -3.86. The Morgan fingerprint density at radius 1 is 1.28 bits per heavy atom. The molecule has 0 unspecified atom stereocenters. The summed E-state index contributed by atoms with van der Waals surface area (Å²) >= 11 is 0. The number of carbonyl (C=O) groups excluding carboxylic acids is 2. The summed E-state index contributed by atoms with van der Waals surface area (Å²) < 4.78 is 32.7. The average Bonchev–Trinajstić information content (AvgIpc) is 3.00. The van der Waals surface area contributed by atoms with E-state index in [-0.39, 0.29) is 23.7 Å². The molecule has 0 radical (unpaired) electrons. The largest absolute Gasteiger partial charge is 0.456 e. The lowest BCUT2D eigenvalue weighted by molar-refractivity contribution is -0.384. The predicted molar refractivity (Wildman–Crippen MR) is 100 cm³/mol. The molecule has 1 aromatic carbocycles. The van der Waals surface area contributed by atoms with Gasteiger partial charge >= 0.3 is 5.97 Å². The number of aromatic nitrogens is 2. The molecule has 12 nitrogen and oxygen atoms in total. The third-order valence-corrected chi connectivity index (χ3v) is 5.04. The molecular formula is C16H19N5O7S. The Balaban J connectivity index is 1.73. The van der Waals surface area contributed by atoms with Crippen molar-refractivity contribution < 1.29 is 27.7 Å². The van der Waals surface area contributed by atoms with Gasteiger partial charge in [-0.15, -0.1) is 0 Å². The summed E-state index contributed by atoms with van der Waals surface area (Å²) in [5.41, 5.74) is 0.174. The first-order valence-corrected chi connectivity index (χ1v) is 9.76. The van der Waals surface area contributed by atoms with Crippen LogP contribution in [0.4, 0.5) is 11.4 Å². The lowest BCUT2D eigenvalue weighted by Crippen LogP contribution is -2.28. The molecule has 2 N–H and O–H groups in total. The molecule has 0 aliphatic rings. The molecule has 0 aliphatic carbocycles. The number of nitrogens with zero attached hydrogens (tertiary/aromatic N) is 3. The molecular weight excluding hydrogens is 406 g/mol. The number of anilines is 1. The molecule has 0 fully saturated rings. The zero-order valence-electron chi connectivity index (χ0n) is 15.6. The summed E-state index contributed by atoms with van der Waals surface area (Å²) in [4.78, 5) is 37.3.